The molecule has 0 aliphatic rings. The van der Waals surface area contributed by atoms with Gasteiger partial charge in [-0.3, -0.25) is 14.4 Å². The molecule has 0 bridgehead atoms. The van der Waals surface area contributed by atoms with Gasteiger partial charge in [-0.05, 0) is 112 Å². The summed E-state index contributed by atoms with van der Waals surface area (Å²) in [6.07, 6.45) is 0. The maximum Gasteiger partial charge on any atom is 0.316 e. The van der Waals surface area contributed by atoms with Crippen LogP contribution in [0.4, 0.5) is 11.4 Å². The Hall–Kier alpha value is -3.94. The van der Waals surface area contributed by atoms with Crippen molar-refractivity contribution >= 4 is 29.1 Å². The first-order chi connectivity index (χ1) is 18.9. The average Bonchev–Trinajstić information content (AvgIpc) is 3.24. The fourth-order valence-corrected chi connectivity index (χ4v) is 5.87. The number of anilines is 2. The Morgan fingerprint density at radius 3 is 1.49 bits per heavy atom. The quantitative estimate of drug-likeness (QED) is 0.356. The summed E-state index contributed by atoms with van der Waals surface area (Å²) < 4.78 is 5.95. The van der Waals surface area contributed by atoms with Gasteiger partial charge >= 0.3 is 11.8 Å². The van der Waals surface area contributed by atoms with Crippen molar-refractivity contribution in [3.63, 3.8) is 0 Å². The van der Waals surface area contributed by atoms with Crippen molar-refractivity contribution in [2.24, 2.45) is 0 Å². The average molecular weight is 561 g/mol. The van der Waals surface area contributed by atoms with Crippen molar-refractivity contribution in [3.05, 3.63) is 61.7 Å². The fourth-order valence-electron chi connectivity index (χ4n) is 5.87. The molecule has 3 rings (SSSR count). The zero-order valence-electron chi connectivity index (χ0n) is 27.1. The van der Waals surface area contributed by atoms with Crippen LogP contribution in [-0.2, 0) is 20.9 Å². The summed E-state index contributed by atoms with van der Waals surface area (Å²) in [5.41, 5.74) is 11.8. The van der Waals surface area contributed by atoms with Gasteiger partial charge in [0, 0.05) is 47.1 Å². The van der Waals surface area contributed by atoms with E-state index in [9.17, 15) is 14.4 Å². The number of aromatic nitrogens is 1. The van der Waals surface area contributed by atoms with E-state index in [1.165, 1.54) is 16.7 Å². The van der Waals surface area contributed by atoms with E-state index < -0.39 is 11.8 Å². The maximum atomic E-state index is 13.8. The van der Waals surface area contributed by atoms with Gasteiger partial charge in [-0.25, -0.2) is 4.98 Å². The molecule has 0 N–H and O–H groups in total. The number of amides is 3. The van der Waals surface area contributed by atoms with Gasteiger partial charge in [0.15, 0.2) is 11.7 Å². The molecule has 2 aromatic carbocycles. The molecule has 3 amide bonds. The minimum absolute atomic E-state index is 0.0410. The first-order valence-corrected chi connectivity index (χ1v) is 13.8. The number of oxazole rings is 1. The largest absolute Gasteiger partial charge is 0.441 e. The molecule has 0 unspecified atom stereocenters. The third kappa shape index (κ3) is 5.39. The van der Waals surface area contributed by atoms with E-state index in [2.05, 4.69) is 4.98 Å². The normalized spacial score (nSPS) is 11.1. The number of aryl methyl sites for hydroxylation is 2. The lowest BCUT2D eigenvalue weighted by molar-refractivity contribution is -0.135. The standard InChI is InChI=1S/C33H44N4O4/c1-16-17(2)27(15-35(12)26(11)38)23(8)30(20(16)5)37(14)33(40)32(39)36(13)29-21(6)18(3)28(19(4)22(29)7)31-24(9)34-25(10)41-31/h15H2,1-14H3. The second-order valence-electron chi connectivity index (χ2n) is 11.3. The highest BCUT2D eigenvalue weighted by Gasteiger charge is 2.31. The van der Waals surface area contributed by atoms with Crippen molar-refractivity contribution in [1.29, 1.82) is 0 Å². The Bertz CT molecular complexity index is 1550. The van der Waals surface area contributed by atoms with E-state index >= 15 is 0 Å². The minimum atomic E-state index is -0.632. The Balaban J connectivity index is 2.07. The Morgan fingerprint density at radius 2 is 1.07 bits per heavy atom. The Morgan fingerprint density at radius 1 is 0.634 bits per heavy atom. The van der Waals surface area contributed by atoms with Crippen molar-refractivity contribution in [3.8, 4) is 11.3 Å². The van der Waals surface area contributed by atoms with Crippen LogP contribution in [-0.4, -0.2) is 48.7 Å². The van der Waals surface area contributed by atoms with Gasteiger partial charge in [0.2, 0.25) is 5.91 Å². The van der Waals surface area contributed by atoms with Crippen molar-refractivity contribution in [2.45, 2.75) is 82.7 Å². The lowest BCUT2D eigenvalue weighted by atomic mass is 9.89. The van der Waals surface area contributed by atoms with E-state index in [-0.39, 0.29) is 5.91 Å². The van der Waals surface area contributed by atoms with Crippen LogP contribution in [0.15, 0.2) is 4.42 Å². The molecule has 0 radical (unpaired) electrons. The molecule has 0 aliphatic heterocycles. The lowest BCUT2D eigenvalue weighted by Gasteiger charge is -2.30. The van der Waals surface area contributed by atoms with Crippen molar-refractivity contribution < 1.29 is 18.8 Å². The molecule has 41 heavy (non-hydrogen) atoms. The molecular formula is C33H44N4O4. The second-order valence-corrected chi connectivity index (χ2v) is 11.3. The van der Waals surface area contributed by atoms with Gasteiger partial charge < -0.3 is 19.1 Å². The Labute approximate surface area is 244 Å². The number of carbonyl (C=O) groups excluding carboxylic acids is 3. The summed E-state index contributed by atoms with van der Waals surface area (Å²) >= 11 is 0. The van der Waals surface area contributed by atoms with Crippen LogP contribution in [0.5, 0.6) is 0 Å². The van der Waals surface area contributed by atoms with Crippen LogP contribution in [0.2, 0.25) is 0 Å². The maximum absolute atomic E-state index is 13.8. The highest BCUT2D eigenvalue weighted by Crippen LogP contribution is 2.40. The molecule has 220 valence electrons. The topological polar surface area (TPSA) is 87.0 Å². The SMILES string of the molecule is CC(=O)N(C)Cc1c(C)c(C)c(C)c(N(C)C(=O)C(=O)N(C)c2c(C)c(C)c(-c3oc(C)nc3C)c(C)c2C)c1C. The smallest absolute Gasteiger partial charge is 0.316 e. The molecule has 0 spiro atoms. The molecule has 0 fully saturated rings. The third-order valence-electron chi connectivity index (χ3n) is 8.85. The summed E-state index contributed by atoms with van der Waals surface area (Å²) in [7, 11) is 5.05. The summed E-state index contributed by atoms with van der Waals surface area (Å²) in [5, 5.41) is 0. The molecule has 0 atom stereocenters. The van der Waals surface area contributed by atoms with Gasteiger partial charge in [-0.1, -0.05) is 0 Å². The van der Waals surface area contributed by atoms with E-state index in [4.69, 9.17) is 4.42 Å². The first kappa shape index (κ1) is 31.6. The van der Waals surface area contributed by atoms with Crippen molar-refractivity contribution in [2.75, 3.05) is 30.9 Å². The number of nitrogens with zero attached hydrogens (tertiary/aromatic N) is 4. The van der Waals surface area contributed by atoms with Crippen LogP contribution in [0.25, 0.3) is 11.3 Å². The number of carbonyl (C=O) groups is 3. The molecule has 8 nitrogen and oxygen atoms in total. The molecule has 1 heterocycles. The third-order valence-corrected chi connectivity index (χ3v) is 8.85. The van der Waals surface area contributed by atoms with Gasteiger partial charge in [-0.15, -0.1) is 0 Å². The lowest BCUT2D eigenvalue weighted by Crippen LogP contribution is -2.43. The molecular weight excluding hydrogens is 516 g/mol. The van der Waals surface area contributed by atoms with E-state index in [0.29, 0.717) is 23.8 Å². The number of likely N-dealkylation sites (N-methyl/N-ethyl adjacent to an activating group) is 2. The van der Waals surface area contributed by atoms with Crippen LogP contribution < -0.4 is 9.80 Å². The summed E-state index contributed by atoms with van der Waals surface area (Å²) in [6.45, 7) is 21.6. The summed E-state index contributed by atoms with van der Waals surface area (Å²) in [6, 6.07) is 0. The van der Waals surface area contributed by atoms with Crippen LogP contribution in [0.3, 0.4) is 0 Å². The van der Waals surface area contributed by atoms with Crippen LogP contribution in [0, 0.1) is 69.2 Å². The zero-order chi connectivity index (χ0) is 31.2. The number of hydrogen-bond donors (Lipinski definition) is 0. The van der Waals surface area contributed by atoms with Crippen molar-refractivity contribution in [1.82, 2.24) is 9.88 Å². The predicted molar refractivity (Wildman–Crippen MR) is 165 cm³/mol. The predicted octanol–water partition coefficient (Wildman–Crippen LogP) is 6.03. The van der Waals surface area contributed by atoms with E-state index in [0.717, 1.165) is 67.1 Å². The number of benzene rings is 2. The molecule has 0 aliphatic carbocycles. The number of rotatable bonds is 5. The molecule has 1 aromatic heterocycles. The molecule has 3 aromatic rings. The summed E-state index contributed by atoms with van der Waals surface area (Å²) in [4.78, 5) is 48.5. The first-order valence-electron chi connectivity index (χ1n) is 13.8. The monoisotopic (exact) mass is 560 g/mol. The molecule has 0 saturated heterocycles. The second kappa shape index (κ2) is 11.5. The zero-order valence-corrected chi connectivity index (χ0v) is 27.1. The van der Waals surface area contributed by atoms with Crippen LogP contribution in [0.1, 0.15) is 68.6 Å². The van der Waals surface area contributed by atoms with Gasteiger partial charge in [0.05, 0.1) is 17.1 Å². The van der Waals surface area contributed by atoms with E-state index in [1.807, 2.05) is 69.2 Å². The highest BCUT2D eigenvalue weighted by atomic mass is 16.4. The fraction of sp³-hybridized carbons (Fsp3) is 0.455. The van der Waals surface area contributed by atoms with Crippen LogP contribution >= 0.6 is 0 Å². The highest BCUT2D eigenvalue weighted by molar-refractivity contribution is 6.45. The molecule has 0 saturated carbocycles. The van der Waals surface area contributed by atoms with E-state index in [1.54, 1.807) is 26.0 Å². The molecule has 8 heteroatoms. The Kier molecular flexibility index (Phi) is 8.87. The van der Waals surface area contributed by atoms with Gasteiger partial charge in [0.1, 0.15) is 0 Å². The summed E-state index contributed by atoms with van der Waals surface area (Å²) in [5.74, 6) is 0.0291. The number of hydrogen-bond acceptors (Lipinski definition) is 5. The van der Waals surface area contributed by atoms with Gasteiger partial charge in [0.25, 0.3) is 0 Å². The van der Waals surface area contributed by atoms with Gasteiger partial charge in [-0.2, -0.15) is 0 Å². The minimum Gasteiger partial charge on any atom is -0.441 e.